The van der Waals surface area contributed by atoms with E-state index in [2.05, 4.69) is 4.98 Å². The van der Waals surface area contributed by atoms with E-state index < -0.39 is 5.97 Å². The first kappa shape index (κ1) is 16.8. The fourth-order valence-electron chi connectivity index (χ4n) is 2.49. The Hall–Kier alpha value is -2.01. The third-order valence-electron chi connectivity index (χ3n) is 3.59. The summed E-state index contributed by atoms with van der Waals surface area (Å²) in [4.78, 5) is 15.8. The van der Waals surface area contributed by atoms with E-state index in [1.54, 1.807) is 49.5 Å². The van der Waals surface area contributed by atoms with Crippen molar-refractivity contribution in [1.82, 2.24) is 9.55 Å². The Morgan fingerprint density at radius 2 is 1.67 bits per heavy atom. The van der Waals surface area contributed by atoms with Crippen LogP contribution in [0.4, 0.5) is 0 Å². The molecule has 1 N–H and O–H groups in total. The molecular weight excluding hydrogens is 371 g/mol. The van der Waals surface area contributed by atoms with Crippen molar-refractivity contribution in [1.29, 1.82) is 0 Å². The number of rotatable bonds is 3. The second-order valence-electron chi connectivity index (χ2n) is 5.13. The Morgan fingerprint density at radius 1 is 1.04 bits per heavy atom. The summed E-state index contributed by atoms with van der Waals surface area (Å²) in [7, 11) is 1.64. The molecule has 0 unspecified atom stereocenters. The molecule has 122 valence electrons. The molecule has 3 rings (SSSR count). The molecule has 0 aliphatic carbocycles. The molecule has 0 aliphatic rings. The van der Waals surface area contributed by atoms with Gasteiger partial charge in [0.2, 0.25) is 5.82 Å². The zero-order valence-corrected chi connectivity index (χ0v) is 14.7. The lowest BCUT2D eigenvalue weighted by atomic mass is 10.0. The standard InChI is InChI=1S/C17H11Cl3N2O2/c1-22-15(9-2-4-10(18)5-3-9)14(21-16(22)17(23)24)12-8-11(19)6-7-13(12)20/h2-8H,1H3,(H,23,24). The summed E-state index contributed by atoms with van der Waals surface area (Å²) >= 11 is 18.3. The third kappa shape index (κ3) is 3.00. The highest BCUT2D eigenvalue weighted by Gasteiger charge is 2.23. The first-order chi connectivity index (χ1) is 11.4. The summed E-state index contributed by atoms with van der Waals surface area (Å²) in [5, 5.41) is 10.9. The number of imidazole rings is 1. The monoisotopic (exact) mass is 380 g/mol. The van der Waals surface area contributed by atoms with Gasteiger partial charge in [0.1, 0.15) is 0 Å². The largest absolute Gasteiger partial charge is 0.475 e. The maximum absolute atomic E-state index is 11.5. The average Bonchev–Trinajstić information content (AvgIpc) is 2.88. The van der Waals surface area contributed by atoms with Crippen molar-refractivity contribution in [3.63, 3.8) is 0 Å². The molecule has 0 aliphatic heterocycles. The van der Waals surface area contributed by atoms with Gasteiger partial charge >= 0.3 is 5.97 Å². The van der Waals surface area contributed by atoms with Crippen molar-refractivity contribution in [2.75, 3.05) is 0 Å². The summed E-state index contributed by atoms with van der Waals surface area (Å²) in [6, 6.07) is 12.0. The van der Waals surface area contributed by atoms with Gasteiger partial charge in [-0.2, -0.15) is 0 Å². The second kappa shape index (κ2) is 6.48. The fourth-order valence-corrected chi connectivity index (χ4v) is 3.00. The SMILES string of the molecule is Cn1c(C(=O)O)nc(-c2cc(Cl)ccc2Cl)c1-c1ccc(Cl)cc1. The van der Waals surface area contributed by atoms with Crippen molar-refractivity contribution in [2.45, 2.75) is 0 Å². The van der Waals surface area contributed by atoms with Crippen LogP contribution in [0.2, 0.25) is 15.1 Å². The predicted molar refractivity (Wildman–Crippen MR) is 96.1 cm³/mol. The molecule has 0 atom stereocenters. The molecule has 0 fully saturated rings. The maximum Gasteiger partial charge on any atom is 0.372 e. The molecule has 0 spiro atoms. The zero-order chi connectivity index (χ0) is 17.4. The van der Waals surface area contributed by atoms with E-state index >= 15 is 0 Å². The van der Waals surface area contributed by atoms with Crippen LogP contribution in [0.5, 0.6) is 0 Å². The lowest BCUT2D eigenvalue weighted by Gasteiger charge is -2.09. The lowest BCUT2D eigenvalue weighted by Crippen LogP contribution is -2.06. The number of halogens is 3. The minimum Gasteiger partial charge on any atom is -0.475 e. The normalized spacial score (nSPS) is 10.8. The Morgan fingerprint density at radius 3 is 2.29 bits per heavy atom. The van der Waals surface area contributed by atoms with Gasteiger partial charge in [0.25, 0.3) is 0 Å². The van der Waals surface area contributed by atoms with Gasteiger partial charge in [0.05, 0.1) is 16.4 Å². The number of hydrogen-bond acceptors (Lipinski definition) is 2. The highest BCUT2D eigenvalue weighted by Crippen LogP contribution is 2.37. The Bertz CT molecular complexity index is 934. The Labute approximate surface area is 153 Å². The van der Waals surface area contributed by atoms with E-state index in [-0.39, 0.29) is 5.82 Å². The molecule has 2 aromatic carbocycles. The first-order valence-electron chi connectivity index (χ1n) is 6.90. The van der Waals surface area contributed by atoms with Gasteiger partial charge in [-0.25, -0.2) is 9.78 Å². The topological polar surface area (TPSA) is 55.1 Å². The van der Waals surface area contributed by atoms with Crippen LogP contribution >= 0.6 is 34.8 Å². The van der Waals surface area contributed by atoms with Crippen molar-refractivity contribution in [2.24, 2.45) is 7.05 Å². The second-order valence-corrected chi connectivity index (χ2v) is 6.41. The molecule has 1 aromatic heterocycles. The van der Waals surface area contributed by atoms with Crippen LogP contribution in [0.1, 0.15) is 10.6 Å². The summed E-state index contributed by atoms with van der Waals surface area (Å²) in [6.45, 7) is 0. The molecule has 3 aromatic rings. The molecule has 1 heterocycles. The van der Waals surface area contributed by atoms with Crippen molar-refractivity contribution >= 4 is 40.8 Å². The number of aromatic nitrogens is 2. The summed E-state index contributed by atoms with van der Waals surface area (Å²) in [5.74, 6) is -1.22. The number of aromatic carboxylic acids is 1. The van der Waals surface area contributed by atoms with Gasteiger partial charge in [-0.15, -0.1) is 0 Å². The fraction of sp³-hybridized carbons (Fsp3) is 0.0588. The minimum atomic E-state index is -1.13. The Balaban J connectivity index is 2.33. The number of carboxylic acids is 1. The molecule has 0 saturated heterocycles. The smallest absolute Gasteiger partial charge is 0.372 e. The Kier molecular flexibility index (Phi) is 4.54. The van der Waals surface area contributed by atoms with Gasteiger partial charge in [0, 0.05) is 28.2 Å². The molecule has 0 amide bonds. The van der Waals surface area contributed by atoms with Gasteiger partial charge < -0.3 is 9.67 Å². The number of nitrogens with zero attached hydrogens (tertiary/aromatic N) is 2. The first-order valence-corrected chi connectivity index (χ1v) is 8.03. The van der Waals surface area contributed by atoms with E-state index in [4.69, 9.17) is 34.8 Å². The molecule has 0 bridgehead atoms. The zero-order valence-electron chi connectivity index (χ0n) is 12.4. The lowest BCUT2D eigenvalue weighted by molar-refractivity contribution is 0.0680. The minimum absolute atomic E-state index is 0.0917. The van der Waals surface area contributed by atoms with Gasteiger partial charge in [-0.3, -0.25) is 0 Å². The molecule has 0 saturated carbocycles. The van der Waals surface area contributed by atoms with Gasteiger partial charge in [-0.1, -0.05) is 46.9 Å². The van der Waals surface area contributed by atoms with Crippen LogP contribution in [0.25, 0.3) is 22.5 Å². The number of benzene rings is 2. The van der Waals surface area contributed by atoms with Gasteiger partial charge in [0.15, 0.2) is 0 Å². The molecule has 7 heteroatoms. The quantitative estimate of drug-likeness (QED) is 0.659. The number of carbonyl (C=O) groups is 1. The van der Waals surface area contributed by atoms with E-state index in [0.717, 1.165) is 5.56 Å². The molecule has 24 heavy (non-hydrogen) atoms. The van der Waals surface area contributed by atoms with E-state index in [9.17, 15) is 9.90 Å². The van der Waals surface area contributed by atoms with E-state index in [1.165, 1.54) is 4.57 Å². The molecule has 0 radical (unpaired) electrons. The van der Waals surface area contributed by atoms with Crippen LogP contribution in [0.3, 0.4) is 0 Å². The maximum atomic E-state index is 11.5. The highest BCUT2D eigenvalue weighted by molar-refractivity contribution is 6.35. The van der Waals surface area contributed by atoms with E-state index in [0.29, 0.717) is 32.0 Å². The highest BCUT2D eigenvalue weighted by atomic mass is 35.5. The summed E-state index contributed by atoms with van der Waals surface area (Å²) in [5.41, 5.74) is 2.41. The van der Waals surface area contributed by atoms with Crippen LogP contribution in [-0.4, -0.2) is 20.6 Å². The third-order valence-corrected chi connectivity index (χ3v) is 4.40. The van der Waals surface area contributed by atoms with Crippen LogP contribution in [-0.2, 0) is 7.05 Å². The van der Waals surface area contributed by atoms with E-state index in [1.807, 2.05) is 0 Å². The van der Waals surface area contributed by atoms with Crippen LogP contribution in [0.15, 0.2) is 42.5 Å². The molecule has 4 nitrogen and oxygen atoms in total. The summed E-state index contributed by atoms with van der Waals surface area (Å²) < 4.78 is 1.51. The number of hydrogen-bond donors (Lipinski definition) is 1. The molecular formula is C17H11Cl3N2O2. The summed E-state index contributed by atoms with van der Waals surface area (Å²) in [6.07, 6.45) is 0. The predicted octanol–water partition coefficient (Wildman–Crippen LogP) is 5.41. The van der Waals surface area contributed by atoms with Crippen molar-refractivity contribution in [3.8, 4) is 22.5 Å². The van der Waals surface area contributed by atoms with Gasteiger partial charge in [-0.05, 0) is 30.3 Å². The van der Waals surface area contributed by atoms with Crippen molar-refractivity contribution < 1.29 is 9.90 Å². The van der Waals surface area contributed by atoms with Crippen molar-refractivity contribution in [3.05, 3.63) is 63.4 Å². The van der Waals surface area contributed by atoms with Crippen LogP contribution < -0.4 is 0 Å². The average molecular weight is 382 g/mol. The number of carboxylic acid groups (broad SMARTS) is 1. The van der Waals surface area contributed by atoms with Crippen LogP contribution in [0, 0.1) is 0 Å².